The van der Waals surface area contributed by atoms with E-state index in [4.69, 9.17) is 0 Å². The maximum absolute atomic E-state index is 11.9. The van der Waals surface area contributed by atoms with Crippen molar-refractivity contribution in [1.29, 1.82) is 0 Å². The number of hydrogen-bond donors (Lipinski definition) is 1. The number of amides is 1. The third kappa shape index (κ3) is 2.77. The second kappa shape index (κ2) is 4.50. The van der Waals surface area contributed by atoms with E-state index in [-0.39, 0.29) is 0 Å². The highest BCUT2D eigenvalue weighted by molar-refractivity contribution is 9.10. The fourth-order valence-corrected chi connectivity index (χ4v) is 1.27. The molecule has 14 heavy (non-hydrogen) atoms. The van der Waals surface area contributed by atoms with Gasteiger partial charge in [-0.05, 0) is 40.5 Å². The number of rotatable bonds is 2. The van der Waals surface area contributed by atoms with Gasteiger partial charge >= 0.3 is 6.43 Å². The maximum atomic E-state index is 11.9. The molecular weight excluding hydrogens is 256 g/mol. The molecule has 0 atom stereocenters. The summed E-state index contributed by atoms with van der Waals surface area (Å²) in [5.41, 5.74) is 1.24. The molecule has 76 valence electrons. The van der Waals surface area contributed by atoms with Gasteiger partial charge in [0.15, 0.2) is 0 Å². The van der Waals surface area contributed by atoms with Crippen molar-refractivity contribution in [2.45, 2.75) is 13.3 Å². The Balaban J connectivity index is 2.86. The highest BCUT2D eigenvalue weighted by Gasteiger charge is 2.15. The summed E-state index contributed by atoms with van der Waals surface area (Å²) in [7, 11) is 0. The van der Waals surface area contributed by atoms with Gasteiger partial charge < -0.3 is 5.32 Å². The molecule has 1 N–H and O–H groups in total. The monoisotopic (exact) mass is 263 g/mol. The van der Waals surface area contributed by atoms with Crippen molar-refractivity contribution in [2.24, 2.45) is 0 Å². The average Bonchev–Trinajstić information content (AvgIpc) is 2.11. The van der Waals surface area contributed by atoms with Crippen molar-refractivity contribution >= 4 is 27.5 Å². The van der Waals surface area contributed by atoms with Gasteiger partial charge in [-0.2, -0.15) is 8.78 Å². The van der Waals surface area contributed by atoms with Crippen LogP contribution in [0.25, 0.3) is 0 Å². The third-order valence-corrected chi connectivity index (χ3v) is 2.27. The number of benzene rings is 1. The summed E-state index contributed by atoms with van der Waals surface area (Å²) in [5.74, 6) is -1.30. The molecule has 0 saturated carbocycles. The third-order valence-electron chi connectivity index (χ3n) is 1.58. The summed E-state index contributed by atoms with van der Waals surface area (Å²) >= 11 is 3.15. The largest absolute Gasteiger partial charge is 0.320 e. The van der Waals surface area contributed by atoms with Gasteiger partial charge in [-0.25, -0.2) is 0 Å². The highest BCUT2D eigenvalue weighted by Crippen LogP contribution is 2.23. The molecule has 0 aliphatic heterocycles. The smallest absolute Gasteiger partial charge is 0.315 e. The summed E-state index contributed by atoms with van der Waals surface area (Å²) in [6.45, 7) is 1.81. The van der Waals surface area contributed by atoms with Gasteiger partial charge in [-0.15, -0.1) is 0 Å². The van der Waals surface area contributed by atoms with Crippen LogP contribution in [0.5, 0.6) is 0 Å². The van der Waals surface area contributed by atoms with Crippen LogP contribution in [0, 0.1) is 6.92 Å². The Morgan fingerprint density at radius 1 is 1.50 bits per heavy atom. The van der Waals surface area contributed by atoms with Crippen molar-refractivity contribution in [1.82, 2.24) is 0 Å². The maximum Gasteiger partial charge on any atom is 0.315 e. The lowest BCUT2D eigenvalue weighted by molar-refractivity contribution is -0.126. The molecule has 0 aliphatic carbocycles. The Morgan fingerprint density at radius 2 is 2.14 bits per heavy atom. The fraction of sp³-hybridized carbons (Fsp3) is 0.222. The number of carbonyl (C=O) groups is 1. The number of aryl methyl sites for hydroxylation is 1. The van der Waals surface area contributed by atoms with Gasteiger partial charge in [-0.3, -0.25) is 4.79 Å². The molecule has 5 heteroatoms. The van der Waals surface area contributed by atoms with E-state index >= 15 is 0 Å². The number of alkyl halides is 2. The fourth-order valence-electron chi connectivity index (χ4n) is 0.922. The van der Waals surface area contributed by atoms with E-state index in [1.807, 2.05) is 13.0 Å². The van der Waals surface area contributed by atoms with Gasteiger partial charge in [0.2, 0.25) is 0 Å². The van der Waals surface area contributed by atoms with Crippen LogP contribution in [0.3, 0.4) is 0 Å². The predicted molar refractivity (Wildman–Crippen MR) is 53.5 cm³/mol. The van der Waals surface area contributed by atoms with Gasteiger partial charge in [0.1, 0.15) is 0 Å². The first-order valence-electron chi connectivity index (χ1n) is 3.86. The Bertz CT molecular complexity index is 355. The highest BCUT2D eigenvalue weighted by atomic mass is 79.9. The molecule has 0 unspecified atom stereocenters. The van der Waals surface area contributed by atoms with Crippen LogP contribution < -0.4 is 5.32 Å². The number of carbonyl (C=O) groups excluding carboxylic acids is 1. The molecule has 2 nitrogen and oxygen atoms in total. The lowest BCUT2D eigenvalue weighted by Crippen LogP contribution is -2.20. The Morgan fingerprint density at radius 3 is 2.71 bits per heavy atom. The molecule has 0 aliphatic rings. The van der Waals surface area contributed by atoms with Crippen molar-refractivity contribution in [3.05, 3.63) is 28.2 Å². The lowest BCUT2D eigenvalue weighted by atomic mass is 10.2. The predicted octanol–water partition coefficient (Wildman–Crippen LogP) is 2.96. The van der Waals surface area contributed by atoms with E-state index in [1.54, 1.807) is 12.1 Å². The molecule has 0 heterocycles. The SMILES string of the molecule is Cc1ccc(Br)c(NC(=O)C(F)F)c1. The second-order valence-corrected chi connectivity index (χ2v) is 3.63. The summed E-state index contributed by atoms with van der Waals surface area (Å²) in [4.78, 5) is 10.7. The standard InChI is InChI=1S/C9H8BrF2NO/c1-5-2-3-6(10)7(4-5)13-9(14)8(11)12/h2-4,8H,1H3,(H,13,14). The van der Waals surface area contributed by atoms with Crippen LogP contribution in [0.15, 0.2) is 22.7 Å². The normalized spacial score (nSPS) is 10.4. The molecule has 1 amide bonds. The quantitative estimate of drug-likeness (QED) is 0.874. The summed E-state index contributed by atoms with van der Waals surface area (Å²) in [5, 5.41) is 2.11. The Hall–Kier alpha value is -0.970. The van der Waals surface area contributed by atoms with Crippen LogP contribution in [0.1, 0.15) is 5.56 Å². The molecule has 1 aromatic rings. The summed E-state index contributed by atoms with van der Waals surface area (Å²) < 4.78 is 24.4. The van der Waals surface area contributed by atoms with Crippen molar-refractivity contribution in [3.8, 4) is 0 Å². The Labute approximate surface area is 88.4 Å². The van der Waals surface area contributed by atoms with E-state index in [0.29, 0.717) is 10.2 Å². The molecule has 0 bridgehead atoms. The van der Waals surface area contributed by atoms with Gasteiger partial charge in [0, 0.05) is 4.47 Å². The molecule has 0 radical (unpaired) electrons. The number of hydrogen-bond acceptors (Lipinski definition) is 1. The van der Waals surface area contributed by atoms with Crippen LogP contribution in [0.4, 0.5) is 14.5 Å². The molecule has 0 aromatic heterocycles. The lowest BCUT2D eigenvalue weighted by Gasteiger charge is -2.07. The van der Waals surface area contributed by atoms with Crippen molar-refractivity contribution < 1.29 is 13.6 Å². The topological polar surface area (TPSA) is 29.1 Å². The van der Waals surface area contributed by atoms with Gasteiger partial charge in [0.25, 0.3) is 5.91 Å². The first kappa shape index (κ1) is 11.1. The number of halogens is 3. The minimum Gasteiger partial charge on any atom is -0.320 e. The van der Waals surface area contributed by atoms with Crippen LogP contribution in [0.2, 0.25) is 0 Å². The second-order valence-electron chi connectivity index (χ2n) is 2.77. The summed E-state index contributed by atoms with van der Waals surface area (Å²) in [6.07, 6.45) is -3.00. The van der Waals surface area contributed by atoms with Crippen molar-refractivity contribution in [3.63, 3.8) is 0 Å². The summed E-state index contributed by atoms with van der Waals surface area (Å²) in [6, 6.07) is 5.11. The van der Waals surface area contributed by atoms with Gasteiger partial charge in [0.05, 0.1) is 5.69 Å². The molecule has 1 rings (SSSR count). The molecule has 0 saturated heterocycles. The molecule has 1 aromatic carbocycles. The van der Waals surface area contributed by atoms with E-state index < -0.39 is 12.3 Å². The van der Waals surface area contributed by atoms with E-state index in [2.05, 4.69) is 21.2 Å². The van der Waals surface area contributed by atoms with Gasteiger partial charge in [-0.1, -0.05) is 6.07 Å². The average molecular weight is 264 g/mol. The first-order valence-corrected chi connectivity index (χ1v) is 4.65. The zero-order valence-electron chi connectivity index (χ0n) is 7.35. The van der Waals surface area contributed by atoms with E-state index in [1.165, 1.54) is 0 Å². The minimum absolute atomic E-state index is 0.357. The van der Waals surface area contributed by atoms with Crippen LogP contribution in [-0.2, 0) is 4.79 Å². The van der Waals surface area contributed by atoms with E-state index in [0.717, 1.165) is 5.56 Å². The minimum atomic E-state index is -3.00. The number of anilines is 1. The number of nitrogens with one attached hydrogen (secondary N) is 1. The molecule has 0 spiro atoms. The first-order chi connectivity index (χ1) is 6.50. The zero-order valence-corrected chi connectivity index (χ0v) is 8.94. The van der Waals surface area contributed by atoms with E-state index in [9.17, 15) is 13.6 Å². The van der Waals surface area contributed by atoms with Crippen molar-refractivity contribution in [2.75, 3.05) is 5.32 Å². The Kier molecular flexibility index (Phi) is 3.57. The molecular formula is C9H8BrF2NO. The van der Waals surface area contributed by atoms with Crippen LogP contribution in [-0.4, -0.2) is 12.3 Å². The van der Waals surface area contributed by atoms with Crippen LogP contribution >= 0.6 is 15.9 Å². The molecule has 0 fully saturated rings. The zero-order chi connectivity index (χ0) is 10.7.